The van der Waals surface area contributed by atoms with E-state index >= 15 is 0 Å². The van der Waals surface area contributed by atoms with E-state index in [4.69, 9.17) is 14.6 Å². The number of aliphatic hydroxyl groups excluding tert-OH is 1. The van der Waals surface area contributed by atoms with Crippen molar-refractivity contribution in [2.24, 2.45) is 17.8 Å². The third-order valence-corrected chi connectivity index (χ3v) is 7.80. The van der Waals surface area contributed by atoms with Gasteiger partial charge in [-0.05, 0) is 56.1 Å². The van der Waals surface area contributed by atoms with Crippen LogP contribution in [0.5, 0.6) is 0 Å². The number of hydrogen-bond donors (Lipinski definition) is 1. The molecule has 0 aromatic heterocycles. The molecule has 1 aromatic carbocycles. The molecule has 1 N–H and O–H groups in total. The Labute approximate surface area is 207 Å². The molecule has 0 radical (unpaired) electrons. The van der Waals surface area contributed by atoms with Gasteiger partial charge in [-0.25, -0.2) is 0 Å². The molecule has 1 aromatic rings. The summed E-state index contributed by atoms with van der Waals surface area (Å²) in [5.74, 6) is 0.644. The number of aliphatic hydroxyl groups is 1. The van der Waals surface area contributed by atoms with Gasteiger partial charge in [0.25, 0.3) is 0 Å². The zero-order valence-electron chi connectivity index (χ0n) is 21.3. The summed E-state index contributed by atoms with van der Waals surface area (Å²) in [5, 5.41) is 8.98. The standard InChI is InChI=1S/C30H46O4/c1-2-3-14-27(17-16-25-12-8-7-9-13-25)29(32)19-18-26-20-21-30(33-23-24-34-30)28(26)15-10-5-4-6-11-22-31/h7-9,12-13,18-19,26-28,31H,2-6,10-11,14-17,20-24H2,1H3. The molecule has 4 nitrogen and oxygen atoms in total. The molecular formula is C30H46O4. The first-order chi connectivity index (χ1) is 16.7. The summed E-state index contributed by atoms with van der Waals surface area (Å²) in [7, 11) is 0. The van der Waals surface area contributed by atoms with Crippen LogP contribution in [0.15, 0.2) is 42.5 Å². The van der Waals surface area contributed by atoms with Gasteiger partial charge in [0.2, 0.25) is 0 Å². The summed E-state index contributed by atoms with van der Waals surface area (Å²) in [6, 6.07) is 10.5. The van der Waals surface area contributed by atoms with Gasteiger partial charge in [0.1, 0.15) is 0 Å². The van der Waals surface area contributed by atoms with Gasteiger partial charge < -0.3 is 14.6 Å². The van der Waals surface area contributed by atoms with E-state index in [1.165, 1.54) is 18.4 Å². The van der Waals surface area contributed by atoms with Crippen molar-refractivity contribution in [1.29, 1.82) is 0 Å². The predicted octanol–water partition coefficient (Wildman–Crippen LogP) is 6.65. The van der Waals surface area contributed by atoms with Gasteiger partial charge in [-0.1, -0.05) is 81.9 Å². The molecule has 1 aliphatic heterocycles. The van der Waals surface area contributed by atoms with Gasteiger partial charge in [0, 0.05) is 24.9 Å². The first-order valence-corrected chi connectivity index (χ1v) is 13.8. The molecule has 1 spiro atoms. The fraction of sp³-hybridized carbons (Fsp3) is 0.700. The second-order valence-corrected chi connectivity index (χ2v) is 10.2. The third-order valence-electron chi connectivity index (χ3n) is 7.80. The van der Waals surface area contributed by atoms with Crippen LogP contribution in [0.4, 0.5) is 0 Å². The number of ketones is 1. The summed E-state index contributed by atoms with van der Waals surface area (Å²) in [4.78, 5) is 13.2. The van der Waals surface area contributed by atoms with Crippen LogP contribution in [-0.2, 0) is 20.7 Å². The Balaban J connectivity index is 1.58. The topological polar surface area (TPSA) is 55.8 Å². The monoisotopic (exact) mass is 470 g/mol. The summed E-state index contributed by atoms with van der Waals surface area (Å²) in [6.07, 6.45) is 17.7. The third kappa shape index (κ3) is 8.03. The summed E-state index contributed by atoms with van der Waals surface area (Å²) < 4.78 is 12.3. The highest BCUT2D eigenvalue weighted by Gasteiger charge is 2.51. The number of unbranched alkanes of at least 4 members (excludes halogenated alkanes) is 5. The van der Waals surface area contributed by atoms with Crippen molar-refractivity contribution < 1.29 is 19.4 Å². The molecule has 3 unspecified atom stereocenters. The van der Waals surface area contributed by atoms with E-state index in [0.29, 0.717) is 37.4 Å². The summed E-state index contributed by atoms with van der Waals surface area (Å²) >= 11 is 0. The van der Waals surface area contributed by atoms with Crippen molar-refractivity contribution in [1.82, 2.24) is 0 Å². The second-order valence-electron chi connectivity index (χ2n) is 10.2. The average molecular weight is 471 g/mol. The molecule has 190 valence electrons. The Morgan fingerprint density at radius 2 is 1.79 bits per heavy atom. The maximum absolute atomic E-state index is 13.2. The molecular weight excluding hydrogens is 424 g/mol. The van der Waals surface area contributed by atoms with Crippen LogP contribution in [0, 0.1) is 17.8 Å². The molecule has 1 heterocycles. The zero-order chi connectivity index (χ0) is 24.1. The van der Waals surface area contributed by atoms with Gasteiger partial charge in [-0.3, -0.25) is 4.79 Å². The Hall–Kier alpha value is -1.49. The van der Waals surface area contributed by atoms with Crippen LogP contribution in [0.2, 0.25) is 0 Å². The zero-order valence-corrected chi connectivity index (χ0v) is 21.3. The average Bonchev–Trinajstić information content (AvgIpc) is 3.48. The molecule has 3 rings (SSSR count). The van der Waals surface area contributed by atoms with E-state index in [0.717, 1.165) is 70.6 Å². The first kappa shape index (κ1) is 27.1. The van der Waals surface area contributed by atoms with E-state index < -0.39 is 5.79 Å². The van der Waals surface area contributed by atoms with Gasteiger partial charge in [0.05, 0.1) is 13.2 Å². The first-order valence-electron chi connectivity index (χ1n) is 13.8. The second kappa shape index (κ2) is 14.8. The quantitative estimate of drug-likeness (QED) is 0.217. The highest BCUT2D eigenvalue weighted by atomic mass is 16.7. The SMILES string of the molecule is CCCCC(CCc1ccccc1)C(=O)C=CC1CCC2(OCCO2)C1CCCCCCCO. The van der Waals surface area contributed by atoms with Gasteiger partial charge >= 0.3 is 0 Å². The fourth-order valence-electron chi connectivity index (χ4n) is 5.80. The maximum Gasteiger partial charge on any atom is 0.171 e. The number of benzene rings is 1. The lowest BCUT2D eigenvalue weighted by Crippen LogP contribution is -2.36. The molecule has 0 bridgehead atoms. The minimum Gasteiger partial charge on any atom is -0.396 e. The van der Waals surface area contributed by atoms with Crippen molar-refractivity contribution in [3.8, 4) is 0 Å². The van der Waals surface area contributed by atoms with Crippen LogP contribution < -0.4 is 0 Å². The number of carbonyl (C=O) groups is 1. The number of rotatable bonds is 16. The Morgan fingerprint density at radius 3 is 2.53 bits per heavy atom. The predicted molar refractivity (Wildman–Crippen MR) is 138 cm³/mol. The Morgan fingerprint density at radius 1 is 1.06 bits per heavy atom. The van der Waals surface area contributed by atoms with Crippen LogP contribution >= 0.6 is 0 Å². The number of allylic oxidation sites excluding steroid dienone is 2. The molecule has 3 atom stereocenters. The minimum absolute atomic E-state index is 0.107. The summed E-state index contributed by atoms with van der Waals surface area (Å²) in [5.41, 5.74) is 1.31. The maximum atomic E-state index is 13.2. The number of hydrogen-bond acceptors (Lipinski definition) is 4. The van der Waals surface area contributed by atoms with Gasteiger partial charge in [-0.15, -0.1) is 0 Å². The van der Waals surface area contributed by atoms with Crippen molar-refractivity contribution in [2.45, 2.75) is 96.2 Å². The Bertz CT molecular complexity index is 723. The van der Waals surface area contributed by atoms with Crippen molar-refractivity contribution in [3.05, 3.63) is 48.0 Å². The minimum atomic E-state index is -0.432. The van der Waals surface area contributed by atoms with Crippen molar-refractivity contribution in [2.75, 3.05) is 19.8 Å². The fourth-order valence-corrected chi connectivity index (χ4v) is 5.80. The smallest absolute Gasteiger partial charge is 0.171 e. The van der Waals surface area contributed by atoms with E-state index in [-0.39, 0.29) is 5.92 Å². The highest BCUT2D eigenvalue weighted by molar-refractivity contribution is 5.91. The van der Waals surface area contributed by atoms with E-state index in [2.05, 4.69) is 37.3 Å². The van der Waals surface area contributed by atoms with Crippen molar-refractivity contribution in [3.63, 3.8) is 0 Å². The van der Waals surface area contributed by atoms with Crippen molar-refractivity contribution >= 4 is 5.78 Å². The molecule has 4 heteroatoms. The van der Waals surface area contributed by atoms with Gasteiger partial charge in [-0.2, -0.15) is 0 Å². The number of ether oxygens (including phenoxy) is 2. The lowest BCUT2D eigenvalue weighted by Gasteiger charge is -2.31. The van der Waals surface area contributed by atoms with E-state index in [1.54, 1.807) is 0 Å². The van der Waals surface area contributed by atoms with Crippen LogP contribution in [0.3, 0.4) is 0 Å². The lowest BCUT2D eigenvalue weighted by atomic mass is 9.85. The lowest BCUT2D eigenvalue weighted by molar-refractivity contribution is -0.186. The van der Waals surface area contributed by atoms with E-state index in [1.807, 2.05) is 12.1 Å². The molecule has 2 aliphatic rings. The highest BCUT2D eigenvalue weighted by Crippen LogP contribution is 2.48. The number of carbonyl (C=O) groups excluding carboxylic acids is 1. The van der Waals surface area contributed by atoms with Crippen LogP contribution in [-0.4, -0.2) is 36.5 Å². The molecule has 1 aliphatic carbocycles. The molecule has 34 heavy (non-hydrogen) atoms. The van der Waals surface area contributed by atoms with Crippen LogP contribution in [0.25, 0.3) is 0 Å². The summed E-state index contributed by atoms with van der Waals surface area (Å²) in [6.45, 7) is 3.85. The molecule has 2 fully saturated rings. The number of aryl methyl sites for hydroxylation is 1. The van der Waals surface area contributed by atoms with E-state index in [9.17, 15) is 4.79 Å². The van der Waals surface area contributed by atoms with Crippen LogP contribution in [0.1, 0.15) is 89.5 Å². The largest absolute Gasteiger partial charge is 0.396 e. The molecule has 0 amide bonds. The Kier molecular flexibility index (Phi) is 11.8. The molecule has 1 saturated heterocycles. The van der Waals surface area contributed by atoms with Gasteiger partial charge in [0.15, 0.2) is 11.6 Å². The normalized spacial score (nSPS) is 22.6. The molecule has 1 saturated carbocycles.